The van der Waals surface area contributed by atoms with Gasteiger partial charge in [-0.2, -0.15) is 5.10 Å². The molecule has 1 saturated heterocycles. The molecule has 7 heteroatoms. The van der Waals surface area contributed by atoms with Gasteiger partial charge < -0.3 is 9.67 Å². The van der Waals surface area contributed by atoms with Crippen molar-refractivity contribution < 1.29 is 5.11 Å². The zero-order valence-electron chi connectivity index (χ0n) is 20.8. The number of pyridine rings is 1. The standard InChI is InChI=1S/C29H32N6O/c1-19-14-20(11-12-30-19)28-25-15-21(9-10-26(25)32-33-28)29(36)31-23-6-5-13-35(18-23)17-22-16-34(2)27-8-4-3-7-24(22)27/h3-4,7-12,14-16,23,29,31,36H,5-6,13,17-18H2,1-2H3,(H,32,33). The number of aromatic amines is 1. The minimum Gasteiger partial charge on any atom is -0.374 e. The van der Waals surface area contributed by atoms with Crippen molar-refractivity contribution in [2.45, 2.75) is 38.6 Å². The van der Waals surface area contributed by atoms with Crippen LogP contribution in [0.5, 0.6) is 0 Å². The molecule has 0 amide bonds. The Hall–Kier alpha value is -3.52. The fourth-order valence-electron chi connectivity index (χ4n) is 5.56. The van der Waals surface area contributed by atoms with Gasteiger partial charge in [0.15, 0.2) is 0 Å². The van der Waals surface area contributed by atoms with Gasteiger partial charge in [-0.05, 0) is 67.8 Å². The highest BCUT2D eigenvalue weighted by Crippen LogP contribution is 2.29. The van der Waals surface area contributed by atoms with Crippen LogP contribution in [0.3, 0.4) is 0 Å². The Balaban J connectivity index is 1.17. The quantitative estimate of drug-likeness (QED) is 0.308. The molecule has 0 spiro atoms. The van der Waals surface area contributed by atoms with E-state index in [-0.39, 0.29) is 6.04 Å². The summed E-state index contributed by atoms with van der Waals surface area (Å²) in [6, 6.07) is 18.8. The maximum atomic E-state index is 11.1. The summed E-state index contributed by atoms with van der Waals surface area (Å²) in [7, 11) is 2.11. The lowest BCUT2D eigenvalue weighted by Crippen LogP contribution is -2.46. The Bertz CT molecular complexity index is 1520. The molecule has 4 heterocycles. The van der Waals surface area contributed by atoms with Crippen molar-refractivity contribution in [1.82, 2.24) is 30.0 Å². The molecule has 0 radical (unpaired) electrons. The number of aliphatic hydroxyl groups excluding tert-OH is 1. The second-order valence-electron chi connectivity index (χ2n) is 9.99. The van der Waals surface area contributed by atoms with Gasteiger partial charge in [-0.3, -0.25) is 20.3 Å². The number of nitrogens with zero attached hydrogens (tertiary/aromatic N) is 4. The number of benzene rings is 2. The number of hydrogen-bond acceptors (Lipinski definition) is 5. The first kappa shape index (κ1) is 22.9. The first-order chi connectivity index (χ1) is 17.5. The summed E-state index contributed by atoms with van der Waals surface area (Å²) in [6.07, 6.45) is 5.48. The molecule has 184 valence electrons. The molecule has 1 fully saturated rings. The first-order valence-corrected chi connectivity index (χ1v) is 12.7. The van der Waals surface area contributed by atoms with Crippen LogP contribution in [0.1, 0.15) is 35.9 Å². The summed E-state index contributed by atoms with van der Waals surface area (Å²) >= 11 is 0. The second-order valence-corrected chi connectivity index (χ2v) is 9.99. The number of aliphatic hydroxyl groups is 1. The van der Waals surface area contributed by atoms with Crippen LogP contribution < -0.4 is 5.32 Å². The summed E-state index contributed by atoms with van der Waals surface area (Å²) < 4.78 is 2.21. The third kappa shape index (κ3) is 4.41. The van der Waals surface area contributed by atoms with Gasteiger partial charge in [0.1, 0.15) is 11.9 Å². The average molecular weight is 481 g/mol. The monoisotopic (exact) mass is 480 g/mol. The van der Waals surface area contributed by atoms with E-state index in [0.29, 0.717) is 0 Å². The van der Waals surface area contributed by atoms with Crippen molar-refractivity contribution in [3.63, 3.8) is 0 Å². The van der Waals surface area contributed by atoms with Crippen molar-refractivity contribution in [3.8, 4) is 11.3 Å². The number of H-pyrrole nitrogens is 1. The molecule has 0 aliphatic carbocycles. The fourth-order valence-corrected chi connectivity index (χ4v) is 5.56. The maximum absolute atomic E-state index is 11.1. The zero-order valence-corrected chi connectivity index (χ0v) is 20.8. The van der Waals surface area contributed by atoms with Gasteiger partial charge in [-0.25, -0.2) is 0 Å². The summed E-state index contributed by atoms with van der Waals surface area (Å²) in [5.41, 5.74) is 7.28. The van der Waals surface area contributed by atoms with Crippen molar-refractivity contribution in [3.05, 3.63) is 83.8 Å². The Morgan fingerprint density at radius 3 is 2.92 bits per heavy atom. The van der Waals surface area contributed by atoms with Crippen molar-refractivity contribution in [2.75, 3.05) is 13.1 Å². The lowest BCUT2D eigenvalue weighted by atomic mass is 10.0. The molecule has 2 unspecified atom stereocenters. The van der Waals surface area contributed by atoms with Crippen LogP contribution in [-0.4, -0.2) is 48.9 Å². The van der Waals surface area contributed by atoms with E-state index >= 15 is 0 Å². The van der Waals surface area contributed by atoms with Crippen LogP contribution >= 0.6 is 0 Å². The van der Waals surface area contributed by atoms with Crippen molar-refractivity contribution >= 4 is 21.8 Å². The Morgan fingerprint density at radius 2 is 2.03 bits per heavy atom. The number of nitrogens with one attached hydrogen (secondary N) is 2. The number of fused-ring (bicyclic) bond motifs is 2. The zero-order chi connectivity index (χ0) is 24.6. The molecule has 5 aromatic rings. The lowest BCUT2D eigenvalue weighted by molar-refractivity contribution is 0.0919. The minimum absolute atomic E-state index is 0.228. The van der Waals surface area contributed by atoms with Crippen molar-refractivity contribution in [2.24, 2.45) is 7.05 Å². The van der Waals surface area contributed by atoms with Crippen LogP contribution in [0.4, 0.5) is 0 Å². The number of rotatable bonds is 6. The number of piperidine rings is 1. The highest BCUT2D eigenvalue weighted by atomic mass is 16.3. The number of para-hydroxylation sites is 1. The molecule has 3 N–H and O–H groups in total. The molecule has 1 aliphatic rings. The SMILES string of the molecule is Cc1cc(-c2n[nH]c3ccc(C(O)NC4CCCN(Cc5cn(C)c6ccccc56)C4)cc23)ccn1. The number of aromatic nitrogens is 4. The molecule has 1 aliphatic heterocycles. The smallest absolute Gasteiger partial charge is 0.131 e. The second kappa shape index (κ2) is 9.50. The molecule has 0 bridgehead atoms. The molecular formula is C29H32N6O. The Morgan fingerprint density at radius 1 is 1.14 bits per heavy atom. The van der Waals surface area contributed by atoms with E-state index in [4.69, 9.17) is 0 Å². The number of hydrogen-bond donors (Lipinski definition) is 3. The van der Waals surface area contributed by atoms with Crippen LogP contribution in [0.15, 0.2) is 67.0 Å². The summed E-state index contributed by atoms with van der Waals surface area (Å²) in [5, 5.41) is 24.6. The highest BCUT2D eigenvalue weighted by Gasteiger charge is 2.23. The van der Waals surface area contributed by atoms with Gasteiger partial charge in [0.25, 0.3) is 0 Å². The largest absolute Gasteiger partial charge is 0.374 e. The van der Waals surface area contributed by atoms with Gasteiger partial charge in [-0.15, -0.1) is 0 Å². The van der Waals surface area contributed by atoms with Crippen molar-refractivity contribution in [1.29, 1.82) is 0 Å². The Labute approximate surface area is 210 Å². The third-order valence-electron chi connectivity index (χ3n) is 7.35. The summed E-state index contributed by atoms with van der Waals surface area (Å²) in [4.78, 5) is 6.79. The molecule has 2 atom stereocenters. The molecule has 36 heavy (non-hydrogen) atoms. The van der Waals surface area contributed by atoms with E-state index in [1.165, 1.54) is 16.5 Å². The maximum Gasteiger partial charge on any atom is 0.131 e. The molecule has 6 rings (SSSR count). The normalized spacial score (nSPS) is 17.7. The number of likely N-dealkylation sites (tertiary alicyclic amines) is 1. The van der Waals surface area contributed by atoms with Gasteiger partial charge in [-0.1, -0.05) is 24.3 Å². The minimum atomic E-state index is -0.737. The van der Waals surface area contributed by atoms with E-state index in [9.17, 15) is 5.11 Å². The predicted molar refractivity (Wildman–Crippen MR) is 143 cm³/mol. The fraction of sp³-hybridized carbons (Fsp3) is 0.310. The Kier molecular flexibility index (Phi) is 6.05. The third-order valence-corrected chi connectivity index (χ3v) is 7.35. The lowest BCUT2D eigenvalue weighted by Gasteiger charge is -2.34. The predicted octanol–water partition coefficient (Wildman–Crippen LogP) is 4.67. The number of aryl methyl sites for hydroxylation is 2. The molecule has 0 saturated carbocycles. The van der Waals surface area contributed by atoms with Crippen LogP contribution in [-0.2, 0) is 13.6 Å². The van der Waals surface area contributed by atoms with Crippen LogP contribution in [0, 0.1) is 6.92 Å². The molecule has 3 aromatic heterocycles. The van der Waals surface area contributed by atoms with Gasteiger partial charge in [0, 0.05) is 66.1 Å². The highest BCUT2D eigenvalue weighted by molar-refractivity contribution is 5.93. The summed E-state index contributed by atoms with van der Waals surface area (Å²) in [6.45, 7) is 4.89. The van der Waals surface area contributed by atoms with E-state index in [1.54, 1.807) is 6.20 Å². The van der Waals surface area contributed by atoms with Crippen LogP contribution in [0.25, 0.3) is 33.1 Å². The molecular weight excluding hydrogens is 448 g/mol. The van der Waals surface area contributed by atoms with Gasteiger partial charge >= 0.3 is 0 Å². The van der Waals surface area contributed by atoms with Gasteiger partial charge in [0.05, 0.1) is 5.52 Å². The van der Waals surface area contributed by atoms with E-state index in [2.05, 4.69) is 67.5 Å². The van der Waals surface area contributed by atoms with E-state index in [1.807, 2.05) is 37.3 Å². The topological polar surface area (TPSA) is 82.0 Å². The average Bonchev–Trinajstić information content (AvgIpc) is 3.45. The van der Waals surface area contributed by atoms with Crippen LogP contribution in [0.2, 0.25) is 0 Å². The summed E-state index contributed by atoms with van der Waals surface area (Å²) in [5.74, 6) is 0. The van der Waals surface area contributed by atoms with Gasteiger partial charge in [0.2, 0.25) is 0 Å². The molecule has 7 nitrogen and oxygen atoms in total. The first-order valence-electron chi connectivity index (χ1n) is 12.7. The molecule has 2 aromatic carbocycles. The van der Waals surface area contributed by atoms with E-state index in [0.717, 1.165) is 65.9 Å². The van der Waals surface area contributed by atoms with E-state index < -0.39 is 6.23 Å².